The lowest BCUT2D eigenvalue weighted by atomic mass is 10.2. The largest absolute Gasteiger partial charge is 0.444 e. The molecule has 0 unspecified atom stereocenters. The number of rotatable bonds is 1. The summed E-state index contributed by atoms with van der Waals surface area (Å²) < 4.78 is 18.9. The monoisotopic (exact) mass is 405 g/mol. The first kappa shape index (κ1) is 16.9. The fraction of sp³-hybridized carbons (Fsp3) is 0.308. The number of halogens is 3. The zero-order valence-electron chi connectivity index (χ0n) is 11.8. The number of aromatic nitrogens is 1. The molecule has 2 aromatic heterocycles. The normalized spacial score (nSPS) is 11.3. The number of carbonyl (C=O) groups excluding carboxylic acids is 1. The first-order valence-corrected chi connectivity index (χ1v) is 8.00. The summed E-state index contributed by atoms with van der Waals surface area (Å²) in [5.41, 5.74) is -0.631. The number of thiophene rings is 1. The molecule has 0 atom stereocenters. The Kier molecular flexibility index (Phi) is 4.61. The van der Waals surface area contributed by atoms with Crippen LogP contribution in [0.1, 0.15) is 26.3 Å². The lowest BCUT2D eigenvalue weighted by molar-refractivity contribution is 0.0636. The van der Waals surface area contributed by atoms with E-state index in [9.17, 15) is 14.4 Å². The second kappa shape index (κ2) is 5.99. The first-order chi connectivity index (χ1) is 10.1. The van der Waals surface area contributed by atoms with Crippen LogP contribution in [0.4, 0.5) is 14.2 Å². The van der Waals surface area contributed by atoms with E-state index in [1.807, 2.05) is 6.07 Å². The van der Waals surface area contributed by atoms with Crippen molar-refractivity contribution in [2.45, 2.75) is 26.4 Å². The number of hydrogen-bond donors (Lipinski definition) is 1. The molecule has 116 valence electrons. The van der Waals surface area contributed by atoms with Crippen LogP contribution in [0.2, 0.25) is 5.02 Å². The average molecular weight is 407 g/mol. The van der Waals surface area contributed by atoms with Gasteiger partial charge in [-0.1, -0.05) is 22.9 Å². The Labute approximate surface area is 143 Å². The summed E-state index contributed by atoms with van der Waals surface area (Å²) in [4.78, 5) is 16.1. The second-order valence-corrected chi connectivity index (χ2v) is 7.38. The van der Waals surface area contributed by atoms with E-state index in [0.29, 0.717) is 4.83 Å². The van der Waals surface area contributed by atoms with Crippen molar-refractivity contribution in [3.05, 3.63) is 21.0 Å². The summed E-state index contributed by atoms with van der Waals surface area (Å²) in [5.74, 6) is -0.757. The van der Waals surface area contributed by atoms with Crippen molar-refractivity contribution < 1.29 is 13.9 Å². The minimum absolute atomic E-state index is 0.0507. The highest BCUT2D eigenvalue weighted by molar-refractivity contribution is 9.10. The van der Waals surface area contributed by atoms with Crippen LogP contribution in [0, 0.1) is 17.1 Å². The molecule has 0 radical (unpaired) electrons. The summed E-state index contributed by atoms with van der Waals surface area (Å²) in [5, 5.41) is 11.9. The Morgan fingerprint density at radius 2 is 2.18 bits per heavy atom. The predicted octanol–water partition coefficient (Wildman–Crippen LogP) is 5.07. The molecule has 0 saturated carbocycles. The topological polar surface area (TPSA) is 75.0 Å². The van der Waals surface area contributed by atoms with Crippen molar-refractivity contribution in [1.29, 1.82) is 5.26 Å². The van der Waals surface area contributed by atoms with E-state index in [1.54, 1.807) is 20.8 Å². The summed E-state index contributed by atoms with van der Waals surface area (Å²) >= 11 is 9.91. The highest BCUT2D eigenvalue weighted by atomic mass is 79.9. The van der Waals surface area contributed by atoms with Gasteiger partial charge in [0.25, 0.3) is 0 Å². The van der Waals surface area contributed by atoms with Crippen LogP contribution in [0.25, 0.3) is 10.2 Å². The van der Waals surface area contributed by atoms with Crippen molar-refractivity contribution >= 4 is 60.2 Å². The SMILES string of the molecule is CC(C)(C)OC(=O)Nc1sc2nc(Br)c(F)c(Cl)c2c1C#N. The maximum atomic E-state index is 13.8. The molecule has 2 aromatic rings. The van der Waals surface area contributed by atoms with Crippen LogP contribution in [0.15, 0.2) is 4.60 Å². The maximum Gasteiger partial charge on any atom is 0.412 e. The van der Waals surface area contributed by atoms with Crippen LogP contribution in [0.5, 0.6) is 0 Å². The van der Waals surface area contributed by atoms with E-state index >= 15 is 0 Å². The molecule has 0 aliphatic heterocycles. The smallest absolute Gasteiger partial charge is 0.412 e. The highest BCUT2D eigenvalue weighted by Gasteiger charge is 2.23. The molecule has 1 N–H and O–H groups in total. The minimum atomic E-state index is -0.757. The molecule has 22 heavy (non-hydrogen) atoms. The molecule has 2 rings (SSSR count). The molecule has 0 aliphatic rings. The van der Waals surface area contributed by atoms with Gasteiger partial charge in [-0.05, 0) is 36.7 Å². The van der Waals surface area contributed by atoms with Crippen LogP contribution < -0.4 is 5.32 Å². The van der Waals surface area contributed by atoms with Crippen LogP contribution in [0.3, 0.4) is 0 Å². The van der Waals surface area contributed by atoms with E-state index in [4.69, 9.17) is 16.3 Å². The number of amides is 1. The van der Waals surface area contributed by atoms with Gasteiger partial charge in [0, 0.05) is 0 Å². The predicted molar refractivity (Wildman–Crippen MR) is 86.9 cm³/mol. The number of nitrogens with one attached hydrogen (secondary N) is 1. The third-order valence-corrected chi connectivity index (χ3v) is 4.29. The van der Waals surface area contributed by atoms with Crippen LogP contribution >= 0.6 is 38.9 Å². The van der Waals surface area contributed by atoms with E-state index in [1.165, 1.54) is 0 Å². The molecule has 0 saturated heterocycles. The number of anilines is 1. The Morgan fingerprint density at radius 1 is 1.55 bits per heavy atom. The molecule has 0 aromatic carbocycles. The fourth-order valence-electron chi connectivity index (χ4n) is 1.63. The molecule has 1 amide bonds. The third kappa shape index (κ3) is 3.32. The minimum Gasteiger partial charge on any atom is -0.444 e. The molecular formula is C13H10BrClFN3O2S. The summed E-state index contributed by atoms with van der Waals surface area (Å²) in [6, 6.07) is 1.91. The number of nitriles is 1. The first-order valence-electron chi connectivity index (χ1n) is 6.01. The van der Waals surface area contributed by atoms with Crippen molar-refractivity contribution in [3.63, 3.8) is 0 Å². The lowest BCUT2D eigenvalue weighted by Gasteiger charge is -2.19. The fourth-order valence-corrected chi connectivity index (χ4v) is 3.59. The lowest BCUT2D eigenvalue weighted by Crippen LogP contribution is -2.27. The van der Waals surface area contributed by atoms with Gasteiger partial charge in [0.05, 0.1) is 16.0 Å². The Morgan fingerprint density at radius 3 is 2.73 bits per heavy atom. The van der Waals surface area contributed by atoms with Gasteiger partial charge in [0.15, 0.2) is 5.82 Å². The van der Waals surface area contributed by atoms with Crippen molar-refractivity contribution in [1.82, 2.24) is 4.98 Å². The number of nitrogens with zero attached hydrogens (tertiary/aromatic N) is 2. The average Bonchev–Trinajstić information content (AvgIpc) is 2.70. The van der Waals surface area contributed by atoms with Gasteiger partial charge in [0.1, 0.15) is 26.1 Å². The third-order valence-electron chi connectivity index (χ3n) is 2.41. The van der Waals surface area contributed by atoms with Gasteiger partial charge < -0.3 is 4.74 Å². The molecular weight excluding hydrogens is 397 g/mol. The molecule has 9 heteroatoms. The summed E-state index contributed by atoms with van der Waals surface area (Å²) in [6.45, 7) is 5.15. The number of ether oxygens (including phenoxy) is 1. The van der Waals surface area contributed by atoms with Gasteiger partial charge in [0.2, 0.25) is 0 Å². The number of hydrogen-bond acceptors (Lipinski definition) is 5. The van der Waals surface area contributed by atoms with Crippen LogP contribution in [-0.4, -0.2) is 16.7 Å². The zero-order chi connectivity index (χ0) is 16.7. The van der Waals surface area contributed by atoms with E-state index in [2.05, 4.69) is 26.2 Å². The van der Waals surface area contributed by atoms with Gasteiger partial charge in [-0.25, -0.2) is 14.2 Å². The summed E-state index contributed by atoms with van der Waals surface area (Å²) in [7, 11) is 0. The molecule has 0 aliphatic carbocycles. The standard InChI is InChI=1S/C13H10BrClFN3O2S/c1-13(2,3)21-12(20)19-10-5(4-17)6-7(15)8(16)9(14)18-11(6)22-10/h1-3H3,(H,19,20). The Bertz CT molecular complexity index is 810. The van der Waals surface area contributed by atoms with Gasteiger partial charge in [-0.3, -0.25) is 5.32 Å². The number of fused-ring (bicyclic) bond motifs is 1. The Balaban J connectivity index is 2.50. The molecule has 0 bridgehead atoms. The van der Waals surface area contributed by atoms with E-state index in [0.717, 1.165) is 11.3 Å². The molecule has 0 spiro atoms. The summed E-state index contributed by atoms with van der Waals surface area (Å²) in [6.07, 6.45) is -0.716. The number of pyridine rings is 1. The quantitative estimate of drug-likeness (QED) is 0.671. The van der Waals surface area contributed by atoms with Crippen molar-refractivity contribution in [2.75, 3.05) is 5.32 Å². The van der Waals surface area contributed by atoms with E-state index in [-0.39, 0.29) is 25.6 Å². The van der Waals surface area contributed by atoms with Gasteiger partial charge in [-0.2, -0.15) is 5.26 Å². The van der Waals surface area contributed by atoms with Crippen LogP contribution in [-0.2, 0) is 4.74 Å². The van der Waals surface area contributed by atoms with Crippen molar-refractivity contribution in [2.24, 2.45) is 0 Å². The maximum absolute atomic E-state index is 13.8. The number of carbonyl (C=O) groups is 1. The van der Waals surface area contributed by atoms with Gasteiger partial charge >= 0.3 is 6.09 Å². The second-order valence-electron chi connectivity index (χ2n) is 5.26. The van der Waals surface area contributed by atoms with E-state index < -0.39 is 17.5 Å². The van der Waals surface area contributed by atoms with Crippen molar-refractivity contribution in [3.8, 4) is 6.07 Å². The molecule has 5 nitrogen and oxygen atoms in total. The Hall–Kier alpha value is -1.43. The highest BCUT2D eigenvalue weighted by Crippen LogP contribution is 2.40. The molecule has 2 heterocycles. The zero-order valence-corrected chi connectivity index (χ0v) is 14.9. The molecule has 0 fully saturated rings. The van der Waals surface area contributed by atoms with Gasteiger partial charge in [-0.15, -0.1) is 0 Å².